The maximum atomic E-state index is 4.57. The van der Waals surface area contributed by atoms with Crippen LogP contribution in [0.25, 0.3) is 0 Å². The van der Waals surface area contributed by atoms with Crippen LogP contribution in [0.4, 0.5) is 0 Å². The molecule has 2 aromatic rings. The number of hydrogen-bond acceptors (Lipinski definition) is 3. The van der Waals surface area contributed by atoms with E-state index in [1.165, 1.54) is 36.9 Å². The molecule has 1 N–H and O–H groups in total. The van der Waals surface area contributed by atoms with Crippen molar-refractivity contribution in [1.82, 2.24) is 19.9 Å². The van der Waals surface area contributed by atoms with Gasteiger partial charge in [-0.25, -0.2) is 4.98 Å². The standard InChI is InChI=1S/C18H26N4/c1-14(16-8-5-9-19-11-16)22(2)13-17-12-20-18(21-17)10-15-6-3-4-7-15/h5,8-9,11-12,14-15H,3-4,6-7,10,13H2,1-2H3,(H,20,21)/t14-/m1/s1. The zero-order valence-electron chi connectivity index (χ0n) is 13.6. The Morgan fingerprint density at radius 2 is 2.14 bits per heavy atom. The van der Waals surface area contributed by atoms with Crippen LogP contribution in [0.3, 0.4) is 0 Å². The molecular formula is C18H26N4. The minimum absolute atomic E-state index is 0.343. The van der Waals surface area contributed by atoms with Gasteiger partial charge in [-0.2, -0.15) is 0 Å². The predicted octanol–water partition coefficient (Wildman–Crippen LogP) is 3.73. The van der Waals surface area contributed by atoms with Crippen LogP contribution < -0.4 is 0 Å². The molecule has 1 atom stereocenters. The molecule has 0 aromatic carbocycles. The summed E-state index contributed by atoms with van der Waals surface area (Å²) in [6.07, 6.45) is 12.4. The molecule has 1 aliphatic carbocycles. The number of hydrogen-bond donors (Lipinski definition) is 1. The quantitative estimate of drug-likeness (QED) is 0.883. The third kappa shape index (κ3) is 3.74. The van der Waals surface area contributed by atoms with E-state index in [2.05, 4.69) is 39.9 Å². The summed E-state index contributed by atoms with van der Waals surface area (Å²) in [6, 6.07) is 4.47. The highest BCUT2D eigenvalue weighted by Gasteiger charge is 2.17. The summed E-state index contributed by atoms with van der Waals surface area (Å²) in [7, 11) is 2.15. The highest BCUT2D eigenvalue weighted by molar-refractivity contribution is 5.13. The van der Waals surface area contributed by atoms with Crippen molar-refractivity contribution in [2.45, 2.75) is 51.6 Å². The Bertz CT molecular complexity index is 572. The Kier molecular flexibility index (Phi) is 4.88. The van der Waals surface area contributed by atoms with E-state index in [0.29, 0.717) is 6.04 Å². The minimum Gasteiger partial charge on any atom is -0.345 e. The van der Waals surface area contributed by atoms with Crippen LogP contribution >= 0.6 is 0 Å². The van der Waals surface area contributed by atoms with Crippen molar-refractivity contribution < 1.29 is 0 Å². The molecule has 0 unspecified atom stereocenters. The summed E-state index contributed by atoms with van der Waals surface area (Å²) in [5, 5.41) is 0. The Labute approximate surface area is 133 Å². The van der Waals surface area contributed by atoms with Gasteiger partial charge in [-0.15, -0.1) is 0 Å². The van der Waals surface area contributed by atoms with E-state index in [-0.39, 0.29) is 0 Å². The van der Waals surface area contributed by atoms with E-state index in [1.807, 2.05) is 24.7 Å². The number of aromatic nitrogens is 3. The van der Waals surface area contributed by atoms with Gasteiger partial charge in [0.15, 0.2) is 0 Å². The molecule has 4 nitrogen and oxygen atoms in total. The fourth-order valence-corrected chi connectivity index (χ4v) is 3.36. The summed E-state index contributed by atoms with van der Waals surface area (Å²) >= 11 is 0. The number of rotatable bonds is 6. The van der Waals surface area contributed by atoms with Crippen LogP contribution in [-0.4, -0.2) is 26.9 Å². The van der Waals surface area contributed by atoms with E-state index in [1.54, 1.807) is 0 Å². The summed E-state index contributed by atoms with van der Waals surface area (Å²) in [5.41, 5.74) is 2.45. The molecular weight excluding hydrogens is 272 g/mol. The number of nitrogens with zero attached hydrogens (tertiary/aromatic N) is 3. The summed E-state index contributed by atoms with van der Waals surface area (Å²) in [6.45, 7) is 3.10. The molecule has 0 spiro atoms. The largest absolute Gasteiger partial charge is 0.345 e. The van der Waals surface area contributed by atoms with Crippen molar-refractivity contribution in [3.8, 4) is 0 Å². The van der Waals surface area contributed by atoms with Crippen molar-refractivity contribution >= 4 is 0 Å². The zero-order chi connectivity index (χ0) is 15.4. The molecule has 118 valence electrons. The van der Waals surface area contributed by atoms with Gasteiger partial charge in [0.2, 0.25) is 0 Å². The number of imidazole rings is 1. The Morgan fingerprint density at radius 1 is 1.32 bits per heavy atom. The van der Waals surface area contributed by atoms with Gasteiger partial charge in [0.25, 0.3) is 0 Å². The lowest BCUT2D eigenvalue weighted by molar-refractivity contribution is 0.250. The summed E-state index contributed by atoms with van der Waals surface area (Å²) < 4.78 is 0. The van der Waals surface area contributed by atoms with Gasteiger partial charge in [-0.1, -0.05) is 31.7 Å². The minimum atomic E-state index is 0.343. The SMILES string of the molecule is C[C@H](c1cccnc1)N(C)Cc1cnc(CC2CCCC2)[nH]1. The lowest BCUT2D eigenvalue weighted by Gasteiger charge is -2.24. The molecule has 0 amide bonds. The normalized spacial score (nSPS) is 17.2. The first-order valence-electron chi connectivity index (χ1n) is 8.35. The van der Waals surface area contributed by atoms with Gasteiger partial charge < -0.3 is 4.98 Å². The molecule has 2 aromatic heterocycles. The first-order chi connectivity index (χ1) is 10.7. The smallest absolute Gasteiger partial charge is 0.106 e. The van der Waals surface area contributed by atoms with Gasteiger partial charge >= 0.3 is 0 Å². The maximum Gasteiger partial charge on any atom is 0.106 e. The van der Waals surface area contributed by atoms with E-state index >= 15 is 0 Å². The van der Waals surface area contributed by atoms with Crippen molar-refractivity contribution in [1.29, 1.82) is 0 Å². The second-order valence-corrected chi connectivity index (χ2v) is 6.59. The van der Waals surface area contributed by atoms with Crippen LogP contribution in [0, 0.1) is 5.92 Å². The number of pyridine rings is 1. The van der Waals surface area contributed by atoms with Crippen molar-refractivity contribution in [2.75, 3.05) is 7.05 Å². The van der Waals surface area contributed by atoms with E-state index in [4.69, 9.17) is 0 Å². The topological polar surface area (TPSA) is 44.8 Å². The van der Waals surface area contributed by atoms with Crippen LogP contribution in [0.15, 0.2) is 30.7 Å². The second kappa shape index (κ2) is 7.05. The maximum absolute atomic E-state index is 4.57. The molecule has 1 fully saturated rings. The molecule has 0 aliphatic heterocycles. The third-order valence-electron chi connectivity index (χ3n) is 4.89. The van der Waals surface area contributed by atoms with E-state index in [0.717, 1.165) is 24.7 Å². The van der Waals surface area contributed by atoms with Crippen molar-refractivity contribution in [2.24, 2.45) is 5.92 Å². The molecule has 22 heavy (non-hydrogen) atoms. The van der Waals surface area contributed by atoms with E-state index in [9.17, 15) is 0 Å². The first kappa shape index (κ1) is 15.2. The van der Waals surface area contributed by atoms with Gasteiger partial charge in [-0.05, 0) is 31.5 Å². The molecule has 0 saturated heterocycles. The highest BCUT2D eigenvalue weighted by atomic mass is 15.1. The lowest BCUT2D eigenvalue weighted by atomic mass is 10.0. The van der Waals surface area contributed by atoms with Crippen LogP contribution in [-0.2, 0) is 13.0 Å². The number of H-pyrrole nitrogens is 1. The Hall–Kier alpha value is -1.68. The zero-order valence-corrected chi connectivity index (χ0v) is 13.6. The van der Waals surface area contributed by atoms with Crippen LogP contribution in [0.2, 0.25) is 0 Å². The number of nitrogens with one attached hydrogen (secondary N) is 1. The monoisotopic (exact) mass is 298 g/mol. The molecule has 4 heteroatoms. The molecule has 3 rings (SSSR count). The Morgan fingerprint density at radius 3 is 2.86 bits per heavy atom. The molecule has 0 bridgehead atoms. The first-order valence-corrected chi connectivity index (χ1v) is 8.35. The molecule has 1 aliphatic rings. The highest BCUT2D eigenvalue weighted by Crippen LogP contribution is 2.27. The summed E-state index contributed by atoms with van der Waals surface area (Å²) in [4.78, 5) is 14.6. The molecule has 1 saturated carbocycles. The average Bonchev–Trinajstić information content (AvgIpc) is 3.20. The fourth-order valence-electron chi connectivity index (χ4n) is 3.36. The lowest BCUT2D eigenvalue weighted by Crippen LogP contribution is -2.22. The van der Waals surface area contributed by atoms with Gasteiger partial charge in [0.1, 0.15) is 5.82 Å². The van der Waals surface area contributed by atoms with Gasteiger partial charge in [0.05, 0.1) is 0 Å². The van der Waals surface area contributed by atoms with Crippen LogP contribution in [0.5, 0.6) is 0 Å². The third-order valence-corrected chi connectivity index (χ3v) is 4.89. The van der Waals surface area contributed by atoms with Crippen molar-refractivity contribution in [3.63, 3.8) is 0 Å². The predicted molar refractivity (Wildman–Crippen MR) is 88.4 cm³/mol. The second-order valence-electron chi connectivity index (χ2n) is 6.59. The van der Waals surface area contributed by atoms with Gasteiger partial charge in [0, 0.05) is 43.3 Å². The molecule has 0 radical (unpaired) electrons. The van der Waals surface area contributed by atoms with Gasteiger partial charge in [-0.3, -0.25) is 9.88 Å². The average molecular weight is 298 g/mol. The summed E-state index contributed by atoms with van der Waals surface area (Å²) in [5.74, 6) is 2.00. The number of aromatic amines is 1. The van der Waals surface area contributed by atoms with E-state index < -0.39 is 0 Å². The molecule has 2 heterocycles. The Balaban J connectivity index is 1.57. The van der Waals surface area contributed by atoms with Crippen LogP contribution in [0.1, 0.15) is 55.7 Å². The van der Waals surface area contributed by atoms with Crippen molar-refractivity contribution in [3.05, 3.63) is 47.8 Å². The fraction of sp³-hybridized carbons (Fsp3) is 0.556.